The van der Waals surface area contributed by atoms with E-state index in [0.29, 0.717) is 11.2 Å². The maximum atomic E-state index is 6.39. The lowest BCUT2D eigenvalue weighted by atomic mass is 10.0. The van der Waals surface area contributed by atoms with Crippen LogP contribution in [0.2, 0.25) is 5.15 Å². The zero-order valence-corrected chi connectivity index (χ0v) is 13.2. The molecule has 3 rings (SSSR count). The minimum atomic E-state index is 0.603. The first-order valence-corrected chi connectivity index (χ1v) is 8.14. The average molecular weight is 304 g/mol. The van der Waals surface area contributed by atoms with Gasteiger partial charge in [0.25, 0.3) is 0 Å². The number of nitrogens with zero attached hydrogens (tertiary/aromatic N) is 2. The molecule has 0 saturated carbocycles. The molecule has 1 aromatic carbocycles. The van der Waals surface area contributed by atoms with Crippen molar-refractivity contribution in [3.63, 3.8) is 0 Å². The molecule has 1 N–H and O–H groups in total. The van der Waals surface area contributed by atoms with Gasteiger partial charge in [0.1, 0.15) is 5.15 Å². The molecule has 0 amide bonds. The topological polar surface area (TPSA) is 28.2 Å². The number of nitrogens with one attached hydrogen (secondary N) is 1. The Bertz CT molecular complexity index is 608. The fourth-order valence-electron chi connectivity index (χ4n) is 3.11. The van der Waals surface area contributed by atoms with E-state index in [2.05, 4.69) is 34.3 Å². The van der Waals surface area contributed by atoms with E-state index in [1.165, 1.54) is 12.8 Å². The van der Waals surface area contributed by atoms with Gasteiger partial charge in [0, 0.05) is 30.1 Å². The SMILES string of the molecule is CCN(Cc1cc2ccccc2nc1Cl)C1CCCNC1. The monoisotopic (exact) mass is 303 g/mol. The summed E-state index contributed by atoms with van der Waals surface area (Å²) in [6, 6.07) is 10.9. The molecular formula is C17H22ClN3. The largest absolute Gasteiger partial charge is 0.315 e. The number of likely N-dealkylation sites (N-methyl/N-ethyl adjacent to an activating group) is 1. The third kappa shape index (κ3) is 3.37. The molecule has 3 nitrogen and oxygen atoms in total. The number of benzene rings is 1. The molecule has 0 spiro atoms. The van der Waals surface area contributed by atoms with E-state index in [9.17, 15) is 0 Å². The maximum Gasteiger partial charge on any atom is 0.134 e. The maximum absolute atomic E-state index is 6.39. The van der Waals surface area contributed by atoms with Crippen LogP contribution in [0.1, 0.15) is 25.3 Å². The Morgan fingerprint density at radius 1 is 1.38 bits per heavy atom. The Morgan fingerprint density at radius 3 is 3.00 bits per heavy atom. The van der Waals surface area contributed by atoms with Gasteiger partial charge in [-0.25, -0.2) is 4.98 Å². The normalized spacial score (nSPS) is 19.3. The first-order chi connectivity index (χ1) is 10.3. The van der Waals surface area contributed by atoms with Gasteiger partial charge in [-0.05, 0) is 38.1 Å². The van der Waals surface area contributed by atoms with Crippen molar-refractivity contribution in [3.05, 3.63) is 41.0 Å². The summed E-state index contributed by atoms with van der Waals surface area (Å²) >= 11 is 6.39. The summed E-state index contributed by atoms with van der Waals surface area (Å²) in [5.74, 6) is 0. The molecular weight excluding hydrogens is 282 g/mol. The molecule has 1 aromatic heterocycles. The lowest BCUT2D eigenvalue weighted by Crippen LogP contribution is -2.45. The van der Waals surface area contributed by atoms with Crippen molar-refractivity contribution in [1.29, 1.82) is 0 Å². The molecule has 112 valence electrons. The van der Waals surface area contributed by atoms with E-state index in [1.54, 1.807) is 0 Å². The van der Waals surface area contributed by atoms with Crippen LogP contribution < -0.4 is 5.32 Å². The van der Waals surface area contributed by atoms with Crippen LogP contribution in [-0.2, 0) is 6.54 Å². The van der Waals surface area contributed by atoms with Crippen LogP contribution in [-0.4, -0.2) is 35.6 Å². The van der Waals surface area contributed by atoms with E-state index in [1.807, 2.05) is 18.2 Å². The number of pyridine rings is 1. The number of hydrogen-bond acceptors (Lipinski definition) is 3. The Morgan fingerprint density at radius 2 is 2.24 bits per heavy atom. The number of hydrogen-bond donors (Lipinski definition) is 1. The zero-order valence-electron chi connectivity index (χ0n) is 12.5. The first-order valence-electron chi connectivity index (χ1n) is 7.77. The molecule has 0 radical (unpaired) electrons. The highest BCUT2D eigenvalue weighted by Gasteiger charge is 2.20. The second kappa shape index (κ2) is 6.73. The number of fused-ring (bicyclic) bond motifs is 1. The van der Waals surface area contributed by atoms with E-state index < -0.39 is 0 Å². The Kier molecular flexibility index (Phi) is 4.73. The fourth-order valence-corrected chi connectivity index (χ4v) is 3.32. The average Bonchev–Trinajstić information content (AvgIpc) is 2.53. The Balaban J connectivity index is 1.83. The molecule has 1 unspecified atom stereocenters. The fraction of sp³-hybridized carbons (Fsp3) is 0.471. The van der Waals surface area contributed by atoms with Crippen molar-refractivity contribution in [2.45, 2.75) is 32.4 Å². The Labute approximate surface area is 131 Å². The van der Waals surface area contributed by atoms with E-state index in [4.69, 9.17) is 11.6 Å². The van der Waals surface area contributed by atoms with Crippen molar-refractivity contribution < 1.29 is 0 Å². The summed E-state index contributed by atoms with van der Waals surface area (Å²) in [5.41, 5.74) is 2.09. The van der Waals surface area contributed by atoms with Gasteiger partial charge in [0.15, 0.2) is 0 Å². The minimum Gasteiger partial charge on any atom is -0.315 e. The highest BCUT2D eigenvalue weighted by Crippen LogP contribution is 2.23. The molecule has 2 aromatic rings. The zero-order chi connectivity index (χ0) is 14.7. The molecule has 1 saturated heterocycles. The van der Waals surface area contributed by atoms with Gasteiger partial charge in [-0.1, -0.05) is 36.7 Å². The van der Waals surface area contributed by atoms with Crippen molar-refractivity contribution in [2.24, 2.45) is 0 Å². The van der Waals surface area contributed by atoms with Crippen molar-refractivity contribution in [3.8, 4) is 0 Å². The molecule has 4 heteroatoms. The molecule has 1 aliphatic rings. The summed E-state index contributed by atoms with van der Waals surface area (Å²) in [6.45, 7) is 6.35. The van der Waals surface area contributed by atoms with Crippen LogP contribution >= 0.6 is 11.6 Å². The minimum absolute atomic E-state index is 0.603. The number of para-hydroxylation sites is 1. The third-order valence-electron chi connectivity index (χ3n) is 4.32. The van der Waals surface area contributed by atoms with Crippen LogP contribution in [0.4, 0.5) is 0 Å². The summed E-state index contributed by atoms with van der Waals surface area (Å²) in [5, 5.41) is 5.29. The number of rotatable bonds is 4. The van der Waals surface area contributed by atoms with E-state index >= 15 is 0 Å². The van der Waals surface area contributed by atoms with Crippen LogP contribution in [0.3, 0.4) is 0 Å². The molecule has 2 heterocycles. The first kappa shape index (κ1) is 14.8. The molecule has 0 bridgehead atoms. The highest BCUT2D eigenvalue weighted by molar-refractivity contribution is 6.30. The lowest BCUT2D eigenvalue weighted by Gasteiger charge is -2.34. The quantitative estimate of drug-likeness (QED) is 0.877. The number of halogens is 1. The van der Waals surface area contributed by atoms with Crippen molar-refractivity contribution in [1.82, 2.24) is 15.2 Å². The van der Waals surface area contributed by atoms with Crippen molar-refractivity contribution in [2.75, 3.05) is 19.6 Å². The molecule has 1 aliphatic heterocycles. The van der Waals surface area contributed by atoms with E-state index in [0.717, 1.165) is 42.6 Å². The standard InChI is InChI=1S/C17H22ClN3/c1-2-21(15-7-5-9-19-11-15)12-14-10-13-6-3-4-8-16(13)20-17(14)18/h3-4,6,8,10,15,19H,2,5,7,9,11-12H2,1H3. The summed E-state index contributed by atoms with van der Waals surface area (Å²) in [6.07, 6.45) is 2.52. The smallest absolute Gasteiger partial charge is 0.134 e. The van der Waals surface area contributed by atoms with Gasteiger partial charge in [-0.3, -0.25) is 4.90 Å². The van der Waals surface area contributed by atoms with Crippen LogP contribution in [0.5, 0.6) is 0 Å². The van der Waals surface area contributed by atoms with Gasteiger partial charge < -0.3 is 5.32 Å². The third-order valence-corrected chi connectivity index (χ3v) is 4.64. The number of aromatic nitrogens is 1. The van der Waals surface area contributed by atoms with Crippen LogP contribution in [0.15, 0.2) is 30.3 Å². The summed E-state index contributed by atoms with van der Waals surface area (Å²) < 4.78 is 0. The molecule has 1 atom stereocenters. The number of piperidine rings is 1. The summed E-state index contributed by atoms with van der Waals surface area (Å²) in [4.78, 5) is 7.04. The van der Waals surface area contributed by atoms with E-state index in [-0.39, 0.29) is 0 Å². The molecule has 21 heavy (non-hydrogen) atoms. The van der Waals surface area contributed by atoms with Gasteiger partial charge in [-0.2, -0.15) is 0 Å². The summed E-state index contributed by atoms with van der Waals surface area (Å²) in [7, 11) is 0. The second-order valence-corrected chi connectivity index (χ2v) is 6.05. The highest BCUT2D eigenvalue weighted by atomic mass is 35.5. The van der Waals surface area contributed by atoms with Gasteiger partial charge in [-0.15, -0.1) is 0 Å². The second-order valence-electron chi connectivity index (χ2n) is 5.69. The molecule has 0 aliphatic carbocycles. The predicted octanol–water partition coefficient (Wildman–Crippen LogP) is 3.46. The Hall–Kier alpha value is -1.16. The van der Waals surface area contributed by atoms with Gasteiger partial charge in [0.2, 0.25) is 0 Å². The van der Waals surface area contributed by atoms with Crippen molar-refractivity contribution >= 4 is 22.5 Å². The lowest BCUT2D eigenvalue weighted by molar-refractivity contribution is 0.166. The molecule has 1 fully saturated rings. The van der Waals surface area contributed by atoms with Crippen LogP contribution in [0, 0.1) is 0 Å². The van der Waals surface area contributed by atoms with Gasteiger partial charge in [0.05, 0.1) is 5.52 Å². The predicted molar refractivity (Wildman–Crippen MR) is 88.7 cm³/mol. The van der Waals surface area contributed by atoms with Crippen LogP contribution in [0.25, 0.3) is 10.9 Å². The van der Waals surface area contributed by atoms with Gasteiger partial charge >= 0.3 is 0 Å².